The van der Waals surface area contributed by atoms with Gasteiger partial charge in [-0.3, -0.25) is 10.1 Å². The van der Waals surface area contributed by atoms with Crippen LogP contribution >= 0.6 is 12.2 Å². The zero-order valence-corrected chi connectivity index (χ0v) is 12.5. The largest absolute Gasteiger partial charge is 0.868 e. The number of nitro groups is 1. The van der Waals surface area contributed by atoms with Crippen LogP contribution in [0.2, 0.25) is 0 Å². The van der Waals surface area contributed by atoms with Gasteiger partial charge in [0.1, 0.15) is 0 Å². The molecule has 1 aliphatic rings. The van der Waals surface area contributed by atoms with Crippen LogP contribution in [0, 0.1) is 10.1 Å². The minimum absolute atomic E-state index is 0.254. The minimum atomic E-state index is -0.755. The third-order valence-electron chi connectivity index (χ3n) is 3.19. The number of rotatable bonds is 3. The number of nitrogens with one attached hydrogen (secondary N) is 2. The molecular formula is C13H12N3O5S-. The topological polar surface area (TPSA) is 117 Å². The lowest BCUT2D eigenvalue weighted by atomic mass is 9.95. The Bertz CT molecular complexity index is 701. The molecule has 1 atom stereocenters. The molecule has 0 aromatic heterocycles. The molecule has 0 fully saturated rings. The Hall–Kier alpha value is -2.68. The van der Waals surface area contributed by atoms with E-state index >= 15 is 0 Å². The first-order chi connectivity index (χ1) is 10.3. The second-order valence-electron chi connectivity index (χ2n) is 4.55. The van der Waals surface area contributed by atoms with E-state index in [-0.39, 0.29) is 10.7 Å². The number of nitro benzene ring substituents is 1. The molecule has 2 rings (SSSR count). The summed E-state index contributed by atoms with van der Waals surface area (Å²) < 4.78 is 4.73. The number of hydrogen-bond donors (Lipinski definition) is 2. The molecule has 0 amide bonds. The molecule has 22 heavy (non-hydrogen) atoms. The Balaban J connectivity index is 2.51. The summed E-state index contributed by atoms with van der Waals surface area (Å²) in [7, 11) is 1.24. The van der Waals surface area contributed by atoms with E-state index < -0.39 is 28.4 Å². The summed E-state index contributed by atoms with van der Waals surface area (Å²) in [5, 5.41) is 28.4. The zero-order valence-electron chi connectivity index (χ0n) is 11.7. The van der Waals surface area contributed by atoms with Crippen LogP contribution in [0.25, 0.3) is 0 Å². The molecule has 0 bridgehead atoms. The maximum absolute atomic E-state index is 11.9. The van der Waals surface area contributed by atoms with Gasteiger partial charge in [0.25, 0.3) is 5.69 Å². The molecule has 1 heterocycles. The molecule has 1 aromatic carbocycles. The fraction of sp³-hybridized carbons (Fsp3) is 0.231. The molecule has 8 nitrogen and oxygen atoms in total. The predicted octanol–water partition coefficient (Wildman–Crippen LogP) is 0.634. The van der Waals surface area contributed by atoms with E-state index in [4.69, 9.17) is 17.0 Å². The number of methoxy groups -OCH3 is 1. The molecule has 9 heteroatoms. The lowest BCUT2D eigenvalue weighted by Gasteiger charge is -2.30. The number of carbonyl (C=O) groups is 1. The summed E-state index contributed by atoms with van der Waals surface area (Å²) in [6.45, 7) is 1.65. The average molecular weight is 322 g/mol. The van der Waals surface area contributed by atoms with Gasteiger partial charge < -0.3 is 20.5 Å². The third-order valence-corrected chi connectivity index (χ3v) is 3.41. The van der Waals surface area contributed by atoms with Crippen molar-refractivity contribution in [3.63, 3.8) is 0 Å². The first kappa shape index (κ1) is 15.7. The van der Waals surface area contributed by atoms with Crippen LogP contribution in [0.5, 0.6) is 5.75 Å². The van der Waals surface area contributed by atoms with Gasteiger partial charge in [-0.15, -0.1) is 0 Å². The van der Waals surface area contributed by atoms with Crippen molar-refractivity contribution in [2.45, 2.75) is 13.0 Å². The predicted molar refractivity (Wildman–Crippen MR) is 78.9 cm³/mol. The van der Waals surface area contributed by atoms with Gasteiger partial charge in [-0.25, -0.2) is 4.79 Å². The van der Waals surface area contributed by atoms with Crippen LogP contribution in [-0.2, 0) is 9.53 Å². The van der Waals surface area contributed by atoms with Gasteiger partial charge in [0.15, 0.2) is 5.11 Å². The monoisotopic (exact) mass is 322 g/mol. The Kier molecular flexibility index (Phi) is 4.27. The highest BCUT2D eigenvalue weighted by Gasteiger charge is 2.30. The Morgan fingerprint density at radius 1 is 1.45 bits per heavy atom. The maximum Gasteiger partial charge on any atom is 0.337 e. The number of nitrogens with zero attached hydrogens (tertiary/aromatic N) is 1. The van der Waals surface area contributed by atoms with Gasteiger partial charge >= 0.3 is 5.97 Å². The van der Waals surface area contributed by atoms with Crippen molar-refractivity contribution >= 4 is 29.0 Å². The highest BCUT2D eigenvalue weighted by atomic mass is 32.1. The standard InChI is InChI=1S/C13H13N3O5S/c1-6-10(12(18)21-2)11(15-13(22)14-6)7-3-4-8(16(19)20)9(17)5-7/h3-5,11,17H,1-2H3,(H2,14,15,22)/p-1/t11-/m0/s1. The number of carbonyl (C=O) groups excluding carboxylic acids is 1. The molecule has 1 aromatic rings. The van der Waals surface area contributed by atoms with Gasteiger partial charge in [0.2, 0.25) is 0 Å². The Morgan fingerprint density at radius 3 is 2.68 bits per heavy atom. The van der Waals surface area contributed by atoms with Crippen molar-refractivity contribution in [3.05, 3.63) is 45.1 Å². The molecule has 0 radical (unpaired) electrons. The van der Waals surface area contributed by atoms with E-state index in [0.29, 0.717) is 11.3 Å². The summed E-state index contributed by atoms with van der Waals surface area (Å²) in [6, 6.07) is 2.91. The van der Waals surface area contributed by atoms with E-state index in [1.54, 1.807) is 6.92 Å². The third kappa shape index (κ3) is 2.84. The molecule has 2 N–H and O–H groups in total. The van der Waals surface area contributed by atoms with Gasteiger partial charge in [0, 0.05) is 11.8 Å². The molecule has 0 spiro atoms. The summed E-state index contributed by atoms with van der Waals surface area (Å²) >= 11 is 5.04. The lowest BCUT2D eigenvalue weighted by molar-refractivity contribution is -0.398. The summed E-state index contributed by atoms with van der Waals surface area (Å²) in [6.07, 6.45) is 0. The molecule has 1 aliphatic heterocycles. The van der Waals surface area contributed by atoms with Gasteiger partial charge in [0.05, 0.1) is 23.6 Å². The zero-order chi connectivity index (χ0) is 16.4. The maximum atomic E-state index is 11.9. The second kappa shape index (κ2) is 5.98. The first-order valence-electron chi connectivity index (χ1n) is 6.17. The number of thiocarbonyl (C=S) groups is 1. The van der Waals surface area contributed by atoms with Gasteiger partial charge in [-0.2, -0.15) is 0 Å². The van der Waals surface area contributed by atoms with Crippen LogP contribution in [0.15, 0.2) is 29.5 Å². The fourth-order valence-corrected chi connectivity index (χ4v) is 2.46. The summed E-state index contributed by atoms with van der Waals surface area (Å²) in [4.78, 5) is 21.9. The van der Waals surface area contributed by atoms with E-state index in [9.17, 15) is 20.0 Å². The van der Waals surface area contributed by atoms with E-state index in [1.165, 1.54) is 13.2 Å². The van der Waals surface area contributed by atoms with Crippen LogP contribution in [0.3, 0.4) is 0 Å². The van der Waals surface area contributed by atoms with Crippen molar-refractivity contribution in [2.24, 2.45) is 0 Å². The fourth-order valence-electron chi connectivity index (χ4n) is 2.19. The summed E-state index contributed by atoms with van der Waals surface area (Å²) in [5.74, 6) is -1.33. The number of ether oxygens (including phenoxy) is 1. The van der Waals surface area contributed by atoms with Crippen LogP contribution in [0.1, 0.15) is 18.5 Å². The normalized spacial score (nSPS) is 17.5. The second-order valence-corrected chi connectivity index (χ2v) is 4.95. The molecular weight excluding hydrogens is 310 g/mol. The van der Waals surface area contributed by atoms with Crippen molar-refractivity contribution < 1.29 is 19.6 Å². The van der Waals surface area contributed by atoms with Crippen molar-refractivity contribution in [2.75, 3.05) is 7.11 Å². The van der Waals surface area contributed by atoms with Gasteiger partial charge in [-0.1, -0.05) is 6.07 Å². The van der Waals surface area contributed by atoms with E-state index in [1.807, 2.05) is 0 Å². The van der Waals surface area contributed by atoms with Crippen molar-refractivity contribution in [1.82, 2.24) is 10.6 Å². The molecule has 0 saturated heterocycles. The summed E-state index contributed by atoms with van der Waals surface area (Å²) in [5.41, 5.74) is 0.607. The van der Waals surface area contributed by atoms with Gasteiger partial charge in [-0.05, 0) is 36.5 Å². The smallest absolute Gasteiger partial charge is 0.337 e. The Morgan fingerprint density at radius 2 is 2.14 bits per heavy atom. The van der Waals surface area contributed by atoms with E-state index in [0.717, 1.165) is 12.1 Å². The van der Waals surface area contributed by atoms with Crippen LogP contribution in [-0.4, -0.2) is 23.1 Å². The first-order valence-corrected chi connectivity index (χ1v) is 6.58. The number of hydrogen-bond acceptors (Lipinski definition) is 6. The van der Waals surface area contributed by atoms with E-state index in [2.05, 4.69) is 10.6 Å². The lowest BCUT2D eigenvalue weighted by Crippen LogP contribution is -2.45. The Labute approximate surface area is 130 Å². The number of benzene rings is 1. The van der Waals surface area contributed by atoms with Crippen LogP contribution < -0.4 is 15.7 Å². The van der Waals surface area contributed by atoms with Crippen LogP contribution in [0.4, 0.5) is 5.69 Å². The average Bonchev–Trinajstić information content (AvgIpc) is 2.45. The molecule has 116 valence electrons. The highest BCUT2D eigenvalue weighted by Crippen LogP contribution is 2.32. The number of allylic oxidation sites excluding steroid dienone is 1. The molecule has 0 aliphatic carbocycles. The minimum Gasteiger partial charge on any atom is -0.868 e. The number of esters is 1. The van der Waals surface area contributed by atoms with Crippen molar-refractivity contribution in [3.8, 4) is 5.75 Å². The highest BCUT2D eigenvalue weighted by molar-refractivity contribution is 7.80. The molecule has 0 unspecified atom stereocenters. The molecule has 0 saturated carbocycles. The van der Waals surface area contributed by atoms with Crippen molar-refractivity contribution in [1.29, 1.82) is 0 Å². The SMILES string of the molecule is COC(=O)C1=C(C)NC(=S)N[C@H]1c1ccc([N+](=O)[O-])c([O-])c1. The quantitative estimate of drug-likeness (QED) is 0.360.